The van der Waals surface area contributed by atoms with Gasteiger partial charge in [0.15, 0.2) is 0 Å². The number of urea groups is 1. The van der Waals surface area contributed by atoms with Crippen molar-refractivity contribution in [1.82, 2.24) is 9.47 Å². The molecule has 6 heteroatoms. The van der Waals surface area contributed by atoms with Crippen LogP contribution in [0, 0.1) is 5.82 Å². The van der Waals surface area contributed by atoms with E-state index in [-0.39, 0.29) is 17.9 Å². The lowest BCUT2D eigenvalue weighted by Crippen LogP contribution is -2.44. The maximum atomic E-state index is 13.4. The van der Waals surface area contributed by atoms with Gasteiger partial charge in [-0.05, 0) is 54.1 Å². The smallest absolute Gasteiger partial charge is 0.322 e. The van der Waals surface area contributed by atoms with E-state index in [1.165, 1.54) is 12.1 Å². The lowest BCUT2D eigenvalue weighted by Gasteiger charge is -2.37. The average Bonchev–Trinajstić information content (AvgIpc) is 3.17. The largest absolute Gasteiger partial charge is 0.497 e. The molecule has 0 fully saturated rings. The monoisotopic (exact) mass is 365 g/mol. The molecule has 0 saturated carbocycles. The van der Waals surface area contributed by atoms with E-state index in [1.54, 1.807) is 48.4 Å². The first-order chi connectivity index (χ1) is 13.2. The highest BCUT2D eigenvalue weighted by Crippen LogP contribution is 2.33. The number of rotatable bonds is 3. The maximum Gasteiger partial charge on any atom is 0.322 e. The molecule has 0 unspecified atom stereocenters. The summed E-state index contributed by atoms with van der Waals surface area (Å²) in [5.74, 6) is 0.437. The fourth-order valence-corrected chi connectivity index (χ4v) is 3.47. The number of nitrogens with zero attached hydrogens (tertiary/aromatic N) is 2. The van der Waals surface area contributed by atoms with Gasteiger partial charge in [0.05, 0.1) is 13.2 Å². The Kier molecular flexibility index (Phi) is 4.54. The zero-order valence-corrected chi connectivity index (χ0v) is 14.9. The first kappa shape index (κ1) is 17.1. The number of fused-ring (bicyclic) bond motifs is 1. The van der Waals surface area contributed by atoms with Crippen LogP contribution in [-0.2, 0) is 6.54 Å². The molecule has 2 aromatic carbocycles. The van der Waals surface area contributed by atoms with E-state index in [0.29, 0.717) is 12.2 Å². The first-order valence-electron chi connectivity index (χ1n) is 8.78. The molecule has 4 rings (SSSR count). The summed E-state index contributed by atoms with van der Waals surface area (Å²) >= 11 is 0. The number of carbonyl (C=O) groups excluding carboxylic acids is 1. The van der Waals surface area contributed by atoms with Crippen molar-refractivity contribution in [2.24, 2.45) is 0 Å². The van der Waals surface area contributed by atoms with Gasteiger partial charge in [-0.1, -0.05) is 12.1 Å². The summed E-state index contributed by atoms with van der Waals surface area (Å²) in [6.07, 6.45) is 2.00. The highest BCUT2D eigenvalue weighted by atomic mass is 19.1. The van der Waals surface area contributed by atoms with Gasteiger partial charge in [-0.15, -0.1) is 0 Å². The standard InChI is InChI=1S/C21H20FN3O2/c1-27-18-10-8-17(9-11-18)23-21(26)25-14-13-24-12-2-3-19(24)20(25)15-4-6-16(22)7-5-15/h2-12,20H,13-14H2,1H3,(H,23,26)/t20-/m1/s1. The molecule has 1 atom stereocenters. The highest BCUT2D eigenvalue weighted by Gasteiger charge is 2.32. The van der Waals surface area contributed by atoms with Crippen molar-refractivity contribution < 1.29 is 13.9 Å². The molecule has 27 heavy (non-hydrogen) atoms. The van der Waals surface area contributed by atoms with E-state index >= 15 is 0 Å². The highest BCUT2D eigenvalue weighted by molar-refractivity contribution is 5.90. The van der Waals surface area contributed by atoms with Gasteiger partial charge in [0, 0.05) is 30.7 Å². The topological polar surface area (TPSA) is 46.5 Å². The normalized spacial score (nSPS) is 15.9. The Balaban J connectivity index is 1.63. The fraction of sp³-hybridized carbons (Fsp3) is 0.190. The van der Waals surface area contributed by atoms with Crippen molar-refractivity contribution in [2.75, 3.05) is 19.0 Å². The van der Waals surface area contributed by atoms with E-state index < -0.39 is 0 Å². The molecular formula is C21H20FN3O2. The Morgan fingerprint density at radius 1 is 1.07 bits per heavy atom. The summed E-state index contributed by atoms with van der Waals surface area (Å²) in [6, 6.07) is 17.0. The Labute approximate surface area is 157 Å². The van der Waals surface area contributed by atoms with E-state index in [9.17, 15) is 9.18 Å². The number of amides is 2. The molecule has 0 radical (unpaired) electrons. The molecule has 2 amide bonds. The minimum atomic E-state index is -0.292. The Morgan fingerprint density at radius 3 is 2.52 bits per heavy atom. The number of hydrogen-bond acceptors (Lipinski definition) is 2. The van der Waals surface area contributed by atoms with Crippen LogP contribution >= 0.6 is 0 Å². The SMILES string of the molecule is COc1ccc(NC(=O)N2CCn3cccc3[C@H]2c2ccc(F)cc2)cc1. The molecule has 3 aromatic rings. The van der Waals surface area contributed by atoms with Gasteiger partial charge < -0.3 is 19.5 Å². The molecule has 138 valence electrons. The quantitative estimate of drug-likeness (QED) is 0.753. The third-order valence-corrected chi connectivity index (χ3v) is 4.83. The Morgan fingerprint density at radius 2 is 1.81 bits per heavy atom. The number of hydrogen-bond donors (Lipinski definition) is 1. The summed E-state index contributed by atoms with van der Waals surface area (Å²) in [5, 5.41) is 2.95. The van der Waals surface area contributed by atoms with Crippen LogP contribution in [0.1, 0.15) is 17.3 Å². The van der Waals surface area contributed by atoms with Crippen LogP contribution in [0.3, 0.4) is 0 Å². The van der Waals surface area contributed by atoms with Crippen LogP contribution in [-0.4, -0.2) is 29.2 Å². The van der Waals surface area contributed by atoms with Crippen LogP contribution in [0.2, 0.25) is 0 Å². The molecular weight excluding hydrogens is 345 g/mol. The minimum absolute atomic E-state index is 0.193. The summed E-state index contributed by atoms with van der Waals surface area (Å²) < 4.78 is 20.7. The first-order valence-corrected chi connectivity index (χ1v) is 8.78. The molecule has 5 nitrogen and oxygen atoms in total. The number of ether oxygens (including phenoxy) is 1. The van der Waals surface area contributed by atoms with Crippen molar-refractivity contribution in [3.63, 3.8) is 0 Å². The summed E-state index contributed by atoms with van der Waals surface area (Å²) in [5.41, 5.74) is 2.58. The summed E-state index contributed by atoms with van der Waals surface area (Å²) in [4.78, 5) is 14.8. The Bertz CT molecular complexity index is 935. The minimum Gasteiger partial charge on any atom is -0.497 e. The molecule has 1 aromatic heterocycles. The van der Waals surface area contributed by atoms with Crippen LogP contribution in [0.5, 0.6) is 5.75 Å². The van der Waals surface area contributed by atoms with Gasteiger partial charge in [0.25, 0.3) is 0 Å². The lowest BCUT2D eigenvalue weighted by molar-refractivity contribution is 0.182. The fourth-order valence-electron chi connectivity index (χ4n) is 3.47. The van der Waals surface area contributed by atoms with E-state index in [1.807, 2.05) is 18.3 Å². The van der Waals surface area contributed by atoms with Gasteiger partial charge in [-0.3, -0.25) is 0 Å². The summed E-state index contributed by atoms with van der Waals surface area (Å²) in [7, 11) is 1.60. The van der Waals surface area contributed by atoms with E-state index in [4.69, 9.17) is 4.74 Å². The second kappa shape index (κ2) is 7.15. The number of anilines is 1. The van der Waals surface area contributed by atoms with Gasteiger partial charge in [-0.25, -0.2) is 9.18 Å². The molecule has 1 N–H and O–H groups in total. The number of aromatic nitrogens is 1. The Hall–Kier alpha value is -3.28. The van der Waals surface area contributed by atoms with Gasteiger partial charge in [0.2, 0.25) is 0 Å². The van der Waals surface area contributed by atoms with Crippen molar-refractivity contribution in [2.45, 2.75) is 12.6 Å². The predicted octanol–water partition coefficient (Wildman–Crippen LogP) is 4.27. The zero-order valence-electron chi connectivity index (χ0n) is 14.9. The second-order valence-corrected chi connectivity index (χ2v) is 6.43. The van der Waals surface area contributed by atoms with Crippen LogP contribution in [0.4, 0.5) is 14.9 Å². The van der Waals surface area contributed by atoms with Crippen LogP contribution < -0.4 is 10.1 Å². The van der Waals surface area contributed by atoms with Gasteiger partial charge >= 0.3 is 6.03 Å². The molecule has 0 saturated heterocycles. The average molecular weight is 365 g/mol. The van der Waals surface area contributed by atoms with Crippen molar-refractivity contribution >= 4 is 11.7 Å². The number of methoxy groups -OCH3 is 1. The molecule has 2 heterocycles. The zero-order chi connectivity index (χ0) is 18.8. The van der Waals surface area contributed by atoms with Crippen LogP contribution in [0.25, 0.3) is 0 Å². The van der Waals surface area contributed by atoms with E-state index in [2.05, 4.69) is 9.88 Å². The lowest BCUT2D eigenvalue weighted by atomic mass is 10.0. The number of benzene rings is 2. The van der Waals surface area contributed by atoms with E-state index in [0.717, 1.165) is 23.6 Å². The third kappa shape index (κ3) is 3.38. The molecule has 0 bridgehead atoms. The predicted molar refractivity (Wildman–Crippen MR) is 101 cm³/mol. The molecule has 1 aliphatic heterocycles. The van der Waals surface area contributed by atoms with Crippen molar-refractivity contribution in [3.05, 3.63) is 83.9 Å². The number of carbonyl (C=O) groups is 1. The molecule has 1 aliphatic rings. The third-order valence-electron chi connectivity index (χ3n) is 4.83. The number of halogens is 1. The molecule has 0 aliphatic carbocycles. The van der Waals surface area contributed by atoms with Crippen molar-refractivity contribution in [3.8, 4) is 5.75 Å². The maximum absolute atomic E-state index is 13.4. The molecule has 0 spiro atoms. The van der Waals surface area contributed by atoms with Crippen molar-refractivity contribution in [1.29, 1.82) is 0 Å². The van der Waals surface area contributed by atoms with Gasteiger partial charge in [0.1, 0.15) is 11.6 Å². The second-order valence-electron chi connectivity index (χ2n) is 6.43. The van der Waals surface area contributed by atoms with Gasteiger partial charge in [-0.2, -0.15) is 0 Å². The van der Waals surface area contributed by atoms with Crippen LogP contribution in [0.15, 0.2) is 66.9 Å². The summed E-state index contributed by atoms with van der Waals surface area (Å²) in [6.45, 7) is 1.28. The number of nitrogens with one attached hydrogen (secondary N) is 1.